The van der Waals surface area contributed by atoms with Crippen LogP contribution in [0.5, 0.6) is 0 Å². The smallest absolute Gasteiger partial charge is 0.155 e. The van der Waals surface area contributed by atoms with Crippen LogP contribution in [-0.2, 0) is 4.79 Å². The number of thioether (sulfide) groups is 1. The number of piperidine rings is 1. The maximum Gasteiger partial charge on any atom is 0.155 e. The van der Waals surface area contributed by atoms with Gasteiger partial charge in [0.25, 0.3) is 0 Å². The van der Waals surface area contributed by atoms with Crippen molar-refractivity contribution in [1.29, 1.82) is 0 Å². The molecule has 0 spiro atoms. The Morgan fingerprint density at radius 1 is 1.33 bits per heavy atom. The summed E-state index contributed by atoms with van der Waals surface area (Å²) in [4.78, 5) is 15.0. The molecular weight excluding hydrogens is 285 g/mol. The van der Waals surface area contributed by atoms with Gasteiger partial charge in [0, 0.05) is 13.1 Å². The van der Waals surface area contributed by atoms with Gasteiger partial charge in [-0.3, -0.25) is 4.79 Å². The SMILES string of the molecule is CCCCSC1CN(CC)CC(c2cccc(F)c2)C1=O. The minimum Gasteiger partial charge on any atom is -0.301 e. The second-order valence-electron chi connectivity index (χ2n) is 5.58. The number of rotatable bonds is 6. The number of carbonyl (C=O) groups excluding carboxylic acids is 1. The summed E-state index contributed by atoms with van der Waals surface area (Å²) in [6.45, 7) is 6.76. The van der Waals surface area contributed by atoms with E-state index in [0.29, 0.717) is 6.54 Å². The fourth-order valence-electron chi connectivity index (χ4n) is 2.73. The molecule has 2 nitrogen and oxygen atoms in total. The predicted octanol–water partition coefficient (Wildman–Crippen LogP) is 3.72. The second kappa shape index (κ2) is 7.95. The molecule has 116 valence electrons. The summed E-state index contributed by atoms with van der Waals surface area (Å²) in [5, 5.41) is 0.0264. The van der Waals surface area contributed by atoms with Crippen LogP contribution in [0.1, 0.15) is 38.2 Å². The lowest BCUT2D eigenvalue weighted by atomic mass is 9.89. The van der Waals surface area contributed by atoms with E-state index < -0.39 is 0 Å². The number of unbranched alkanes of at least 4 members (excludes halogenated alkanes) is 1. The van der Waals surface area contributed by atoms with Crippen molar-refractivity contribution < 1.29 is 9.18 Å². The molecule has 0 aromatic heterocycles. The highest BCUT2D eigenvalue weighted by atomic mass is 32.2. The van der Waals surface area contributed by atoms with Crippen LogP contribution in [0, 0.1) is 5.82 Å². The molecule has 1 aliphatic heterocycles. The second-order valence-corrected chi connectivity index (χ2v) is 6.89. The molecule has 1 aliphatic rings. The van der Waals surface area contributed by atoms with E-state index in [2.05, 4.69) is 18.7 Å². The number of hydrogen-bond acceptors (Lipinski definition) is 3. The first-order valence-electron chi connectivity index (χ1n) is 7.78. The van der Waals surface area contributed by atoms with Gasteiger partial charge in [0.05, 0.1) is 11.2 Å². The highest BCUT2D eigenvalue weighted by molar-refractivity contribution is 8.00. The fourth-order valence-corrected chi connectivity index (χ4v) is 4.11. The van der Waals surface area contributed by atoms with Gasteiger partial charge in [0.1, 0.15) is 5.82 Å². The molecule has 2 unspecified atom stereocenters. The molecule has 0 aliphatic carbocycles. The molecule has 0 bridgehead atoms. The Morgan fingerprint density at radius 3 is 2.81 bits per heavy atom. The van der Waals surface area contributed by atoms with Crippen molar-refractivity contribution in [3.8, 4) is 0 Å². The maximum atomic E-state index is 13.4. The van der Waals surface area contributed by atoms with Gasteiger partial charge in [-0.05, 0) is 36.4 Å². The number of hydrogen-bond donors (Lipinski definition) is 0. The van der Waals surface area contributed by atoms with E-state index in [1.807, 2.05) is 6.07 Å². The van der Waals surface area contributed by atoms with Gasteiger partial charge in [0.2, 0.25) is 0 Å². The van der Waals surface area contributed by atoms with E-state index in [-0.39, 0.29) is 22.8 Å². The quantitative estimate of drug-likeness (QED) is 0.747. The number of likely N-dealkylation sites (N-methyl/N-ethyl adjacent to an activating group) is 1. The molecule has 1 fully saturated rings. The van der Waals surface area contributed by atoms with Crippen LogP contribution in [0.2, 0.25) is 0 Å². The minimum atomic E-state index is -0.260. The van der Waals surface area contributed by atoms with Crippen molar-refractivity contribution in [3.05, 3.63) is 35.6 Å². The van der Waals surface area contributed by atoms with Crippen molar-refractivity contribution in [1.82, 2.24) is 4.90 Å². The summed E-state index contributed by atoms with van der Waals surface area (Å²) >= 11 is 1.77. The van der Waals surface area contributed by atoms with Crippen LogP contribution in [0.15, 0.2) is 24.3 Å². The van der Waals surface area contributed by atoms with Crippen LogP contribution >= 0.6 is 11.8 Å². The first-order chi connectivity index (χ1) is 10.2. The molecule has 1 heterocycles. The number of halogens is 1. The topological polar surface area (TPSA) is 20.3 Å². The van der Waals surface area contributed by atoms with Crippen LogP contribution < -0.4 is 0 Å². The lowest BCUT2D eigenvalue weighted by molar-refractivity contribution is -0.122. The van der Waals surface area contributed by atoms with Gasteiger partial charge in [0.15, 0.2) is 5.78 Å². The molecule has 0 radical (unpaired) electrons. The molecule has 1 aromatic rings. The standard InChI is InChI=1S/C17H24FNOS/c1-3-5-9-21-16-12-19(4-2)11-15(17(16)20)13-7-6-8-14(18)10-13/h6-8,10,15-16H,3-5,9,11-12H2,1-2H3. The van der Waals surface area contributed by atoms with Gasteiger partial charge >= 0.3 is 0 Å². The predicted molar refractivity (Wildman–Crippen MR) is 87.4 cm³/mol. The van der Waals surface area contributed by atoms with Gasteiger partial charge in [-0.2, -0.15) is 0 Å². The Morgan fingerprint density at radius 2 is 2.14 bits per heavy atom. The molecule has 2 rings (SSSR count). The van der Waals surface area contributed by atoms with Crippen molar-refractivity contribution in [2.45, 2.75) is 37.9 Å². The lowest BCUT2D eigenvalue weighted by Crippen LogP contribution is -2.47. The first-order valence-corrected chi connectivity index (χ1v) is 8.83. The lowest BCUT2D eigenvalue weighted by Gasteiger charge is -2.36. The zero-order chi connectivity index (χ0) is 15.2. The molecular formula is C17H24FNOS. The number of benzene rings is 1. The highest BCUT2D eigenvalue weighted by Crippen LogP contribution is 2.30. The zero-order valence-electron chi connectivity index (χ0n) is 12.8. The number of Topliss-reactive ketones (excluding diaryl/α,β-unsaturated/α-hetero) is 1. The third kappa shape index (κ3) is 4.30. The van der Waals surface area contributed by atoms with Crippen molar-refractivity contribution in [2.75, 3.05) is 25.4 Å². The molecule has 0 amide bonds. The summed E-state index contributed by atoms with van der Waals surface area (Å²) in [5.41, 5.74) is 0.819. The average molecular weight is 309 g/mol. The largest absolute Gasteiger partial charge is 0.301 e. The normalized spacial score (nSPS) is 23.5. The summed E-state index contributed by atoms with van der Waals surface area (Å²) in [6.07, 6.45) is 2.30. The van der Waals surface area contributed by atoms with E-state index in [9.17, 15) is 9.18 Å². The molecule has 2 atom stereocenters. The highest BCUT2D eigenvalue weighted by Gasteiger charge is 2.35. The molecule has 4 heteroatoms. The van der Waals surface area contributed by atoms with Gasteiger partial charge in [-0.25, -0.2) is 4.39 Å². The third-order valence-electron chi connectivity index (χ3n) is 4.04. The molecule has 0 saturated carbocycles. The van der Waals surface area contributed by atoms with E-state index in [1.54, 1.807) is 17.8 Å². The Hall–Kier alpha value is -0.870. The van der Waals surface area contributed by atoms with Crippen molar-refractivity contribution in [2.24, 2.45) is 0 Å². The van der Waals surface area contributed by atoms with Crippen LogP contribution in [0.4, 0.5) is 4.39 Å². The molecule has 1 saturated heterocycles. The van der Waals surface area contributed by atoms with E-state index in [0.717, 1.165) is 37.2 Å². The van der Waals surface area contributed by atoms with Gasteiger partial charge in [-0.1, -0.05) is 32.4 Å². The number of carbonyl (C=O) groups is 1. The Kier molecular flexibility index (Phi) is 6.24. The van der Waals surface area contributed by atoms with Crippen LogP contribution in [0.25, 0.3) is 0 Å². The number of ketones is 1. The van der Waals surface area contributed by atoms with Gasteiger partial charge in [-0.15, -0.1) is 11.8 Å². The van der Waals surface area contributed by atoms with Crippen LogP contribution in [-0.4, -0.2) is 41.3 Å². The minimum absolute atomic E-state index is 0.0264. The summed E-state index contributed by atoms with van der Waals surface area (Å²) < 4.78 is 13.4. The maximum absolute atomic E-state index is 13.4. The summed E-state index contributed by atoms with van der Waals surface area (Å²) in [5.74, 6) is 0.851. The van der Waals surface area contributed by atoms with Gasteiger partial charge < -0.3 is 4.90 Å². The Balaban J connectivity index is 2.13. The molecule has 21 heavy (non-hydrogen) atoms. The van der Waals surface area contributed by atoms with E-state index in [1.165, 1.54) is 12.1 Å². The van der Waals surface area contributed by atoms with Crippen molar-refractivity contribution in [3.63, 3.8) is 0 Å². The summed E-state index contributed by atoms with van der Waals surface area (Å²) in [7, 11) is 0. The van der Waals surface area contributed by atoms with E-state index in [4.69, 9.17) is 0 Å². The molecule has 0 N–H and O–H groups in total. The Labute approximate surface area is 131 Å². The average Bonchev–Trinajstić information content (AvgIpc) is 2.49. The van der Waals surface area contributed by atoms with E-state index >= 15 is 0 Å². The molecule has 1 aromatic carbocycles. The fraction of sp³-hybridized carbons (Fsp3) is 0.588. The number of likely N-dealkylation sites (tertiary alicyclic amines) is 1. The number of nitrogens with zero attached hydrogens (tertiary/aromatic N) is 1. The summed E-state index contributed by atoms with van der Waals surface area (Å²) in [6, 6.07) is 6.51. The monoisotopic (exact) mass is 309 g/mol. The van der Waals surface area contributed by atoms with Crippen molar-refractivity contribution >= 4 is 17.5 Å². The van der Waals surface area contributed by atoms with Crippen LogP contribution in [0.3, 0.4) is 0 Å². The zero-order valence-corrected chi connectivity index (χ0v) is 13.7. The third-order valence-corrected chi connectivity index (χ3v) is 5.35. The first kappa shape index (κ1) is 16.5. The Bertz CT molecular complexity index is 480.